The molecule has 1 atom stereocenters. The van der Waals surface area contributed by atoms with Crippen molar-refractivity contribution in [1.82, 2.24) is 4.48 Å². The number of aryl methyl sites for hydroxylation is 2. The van der Waals surface area contributed by atoms with Gasteiger partial charge in [0.2, 0.25) is 6.79 Å². The number of carbonyl (C=O) groups excluding carboxylic acids is 1. The van der Waals surface area contributed by atoms with Crippen LogP contribution in [-0.2, 0) is 23.3 Å². The Hall–Kier alpha value is -4.09. The Kier molecular flexibility index (Phi) is 4.76. The van der Waals surface area contributed by atoms with Crippen molar-refractivity contribution in [1.29, 1.82) is 0 Å². The lowest BCUT2D eigenvalue weighted by Gasteiger charge is -2.34. The number of benzene rings is 4. The SMILES string of the molecule is Cc1ccc(C[N+]2(Cc3ccc(C)cc3)C(=O)C3(COc4cc5c(cc43)OCO5)c3ccccc32)cc1. The van der Waals surface area contributed by atoms with Crippen molar-refractivity contribution in [2.45, 2.75) is 32.4 Å². The summed E-state index contributed by atoms with van der Waals surface area (Å²) in [6.07, 6.45) is 0. The molecular formula is C32H28NO4+. The zero-order chi connectivity index (χ0) is 25.2. The third kappa shape index (κ3) is 3.17. The summed E-state index contributed by atoms with van der Waals surface area (Å²) < 4.78 is 17.8. The van der Waals surface area contributed by atoms with E-state index in [4.69, 9.17) is 14.2 Å². The van der Waals surface area contributed by atoms with E-state index in [0.717, 1.165) is 27.9 Å². The predicted octanol–water partition coefficient (Wildman–Crippen LogP) is 5.96. The van der Waals surface area contributed by atoms with E-state index in [2.05, 4.69) is 74.5 Å². The molecule has 1 unspecified atom stereocenters. The van der Waals surface area contributed by atoms with Crippen LogP contribution in [0.3, 0.4) is 0 Å². The molecule has 5 nitrogen and oxygen atoms in total. The van der Waals surface area contributed by atoms with Gasteiger partial charge in [-0.15, -0.1) is 0 Å². The van der Waals surface area contributed by atoms with Crippen LogP contribution in [0.5, 0.6) is 17.2 Å². The number of amides is 1. The maximum Gasteiger partial charge on any atom is 0.338 e. The Bertz CT molecular complexity index is 1490. The summed E-state index contributed by atoms with van der Waals surface area (Å²) in [5, 5.41) is 0. The van der Waals surface area contributed by atoms with Gasteiger partial charge in [0.05, 0.1) is 0 Å². The summed E-state index contributed by atoms with van der Waals surface area (Å²) in [6, 6.07) is 29.2. The topological polar surface area (TPSA) is 44.8 Å². The highest BCUT2D eigenvalue weighted by atomic mass is 16.7. The molecular weight excluding hydrogens is 462 g/mol. The van der Waals surface area contributed by atoms with E-state index in [1.54, 1.807) is 0 Å². The van der Waals surface area contributed by atoms with E-state index in [-0.39, 0.29) is 23.8 Å². The van der Waals surface area contributed by atoms with Crippen LogP contribution in [0.2, 0.25) is 0 Å². The standard InChI is InChI=1S/C32H28NO4/c1-21-7-11-23(12-8-21)17-33(18-24-13-9-22(2)10-14-24)27-6-4-3-5-25(27)32(31(33)34)19-35-28-16-30-29(15-26(28)32)36-20-37-30/h3-16H,17-20H2,1-2H3/q+1. The lowest BCUT2D eigenvalue weighted by molar-refractivity contribution is -0.134. The molecule has 0 aliphatic carbocycles. The van der Waals surface area contributed by atoms with Gasteiger partial charge in [0.15, 0.2) is 16.9 Å². The van der Waals surface area contributed by atoms with Crippen LogP contribution >= 0.6 is 0 Å². The monoisotopic (exact) mass is 490 g/mol. The molecule has 0 aromatic heterocycles. The smallest absolute Gasteiger partial charge is 0.338 e. The number of carbonyl (C=O) groups is 1. The molecule has 3 aliphatic heterocycles. The van der Waals surface area contributed by atoms with Gasteiger partial charge < -0.3 is 14.2 Å². The molecule has 3 aliphatic rings. The van der Waals surface area contributed by atoms with Gasteiger partial charge in [-0.3, -0.25) is 0 Å². The molecule has 184 valence electrons. The summed E-state index contributed by atoms with van der Waals surface area (Å²) >= 11 is 0. The van der Waals surface area contributed by atoms with E-state index < -0.39 is 5.41 Å². The van der Waals surface area contributed by atoms with Crippen LogP contribution in [0.15, 0.2) is 84.9 Å². The third-order valence-corrected chi connectivity index (χ3v) is 8.10. The van der Waals surface area contributed by atoms with E-state index >= 15 is 4.79 Å². The van der Waals surface area contributed by atoms with Gasteiger partial charge in [0.25, 0.3) is 0 Å². The Morgan fingerprint density at radius 1 is 0.703 bits per heavy atom. The fraction of sp³-hybridized carbons (Fsp3) is 0.219. The van der Waals surface area contributed by atoms with Crippen molar-refractivity contribution in [2.24, 2.45) is 0 Å². The molecule has 0 fully saturated rings. The lowest BCUT2D eigenvalue weighted by atomic mass is 9.77. The number of ether oxygens (including phenoxy) is 3. The highest BCUT2D eigenvalue weighted by Crippen LogP contribution is 2.58. The normalized spacial score (nSPS) is 20.1. The average molecular weight is 491 g/mol. The van der Waals surface area contributed by atoms with Gasteiger partial charge in [0, 0.05) is 28.3 Å². The van der Waals surface area contributed by atoms with Gasteiger partial charge in [-0.2, -0.15) is 0 Å². The maximum absolute atomic E-state index is 15.1. The zero-order valence-electron chi connectivity index (χ0n) is 21.0. The van der Waals surface area contributed by atoms with Crippen LogP contribution in [-0.4, -0.2) is 19.3 Å². The van der Waals surface area contributed by atoms with Crippen molar-refractivity contribution in [2.75, 3.05) is 13.4 Å². The van der Waals surface area contributed by atoms with Crippen LogP contribution in [0.25, 0.3) is 0 Å². The number of quaternary nitrogens is 1. The van der Waals surface area contributed by atoms with Crippen LogP contribution < -0.4 is 18.7 Å². The van der Waals surface area contributed by atoms with Crippen molar-refractivity contribution >= 4 is 11.6 Å². The molecule has 0 radical (unpaired) electrons. The summed E-state index contributed by atoms with van der Waals surface area (Å²) in [5.41, 5.74) is 6.65. The maximum atomic E-state index is 15.1. The van der Waals surface area contributed by atoms with Crippen molar-refractivity contribution < 1.29 is 19.0 Å². The quantitative estimate of drug-likeness (QED) is 0.331. The molecule has 3 heterocycles. The molecule has 37 heavy (non-hydrogen) atoms. The highest BCUT2D eigenvalue weighted by Gasteiger charge is 2.66. The molecule has 0 N–H and O–H groups in total. The fourth-order valence-electron chi connectivity index (χ4n) is 6.22. The van der Waals surface area contributed by atoms with E-state index in [1.807, 2.05) is 24.3 Å². The first-order valence-electron chi connectivity index (χ1n) is 12.7. The van der Waals surface area contributed by atoms with Gasteiger partial charge in [-0.25, -0.2) is 9.28 Å². The van der Waals surface area contributed by atoms with Gasteiger partial charge in [-0.05, 0) is 26.0 Å². The molecule has 0 saturated heterocycles. The molecule has 0 saturated carbocycles. The number of para-hydroxylation sites is 1. The predicted molar refractivity (Wildman–Crippen MR) is 142 cm³/mol. The molecule has 4 aromatic carbocycles. The number of rotatable bonds is 4. The first kappa shape index (κ1) is 22.1. The molecule has 1 spiro atoms. The van der Waals surface area contributed by atoms with Gasteiger partial charge in [0.1, 0.15) is 31.1 Å². The van der Waals surface area contributed by atoms with Crippen molar-refractivity contribution in [3.63, 3.8) is 0 Å². The molecule has 7 rings (SSSR count). The lowest BCUT2D eigenvalue weighted by Crippen LogP contribution is -2.56. The van der Waals surface area contributed by atoms with Gasteiger partial charge >= 0.3 is 5.91 Å². The van der Waals surface area contributed by atoms with E-state index in [1.165, 1.54) is 11.1 Å². The summed E-state index contributed by atoms with van der Waals surface area (Å²) in [4.78, 5) is 15.1. The number of nitrogens with zero attached hydrogens (tertiary/aromatic N) is 1. The van der Waals surface area contributed by atoms with Crippen molar-refractivity contribution in [3.05, 3.63) is 118 Å². The van der Waals surface area contributed by atoms with Crippen LogP contribution in [0, 0.1) is 13.8 Å². The number of fused-ring (bicyclic) bond motifs is 5. The Labute approximate surface area is 216 Å². The Balaban J connectivity index is 1.45. The highest BCUT2D eigenvalue weighted by molar-refractivity contribution is 6.08. The van der Waals surface area contributed by atoms with Crippen molar-refractivity contribution in [3.8, 4) is 17.2 Å². The second kappa shape index (κ2) is 7.95. The third-order valence-electron chi connectivity index (χ3n) is 8.10. The second-order valence-electron chi connectivity index (χ2n) is 10.5. The molecule has 1 amide bonds. The van der Waals surface area contributed by atoms with E-state index in [9.17, 15) is 0 Å². The minimum absolute atomic E-state index is 0.132. The minimum Gasteiger partial charge on any atom is -0.491 e. The fourth-order valence-corrected chi connectivity index (χ4v) is 6.22. The summed E-state index contributed by atoms with van der Waals surface area (Å²) in [6.45, 7) is 5.74. The summed E-state index contributed by atoms with van der Waals surface area (Å²) in [7, 11) is 0. The number of hydrogen-bond acceptors (Lipinski definition) is 4. The van der Waals surface area contributed by atoms with Crippen LogP contribution in [0.1, 0.15) is 33.4 Å². The summed E-state index contributed by atoms with van der Waals surface area (Å²) in [5.74, 6) is 2.15. The first-order chi connectivity index (χ1) is 18.0. The first-order valence-corrected chi connectivity index (χ1v) is 12.7. The number of hydrogen-bond donors (Lipinski definition) is 0. The molecule has 0 bridgehead atoms. The van der Waals surface area contributed by atoms with E-state index in [0.29, 0.717) is 30.3 Å². The molecule has 4 aromatic rings. The van der Waals surface area contributed by atoms with Gasteiger partial charge in [-0.1, -0.05) is 77.9 Å². The second-order valence-corrected chi connectivity index (χ2v) is 10.5. The average Bonchev–Trinajstić information content (AvgIpc) is 3.58. The van der Waals surface area contributed by atoms with Crippen LogP contribution in [0.4, 0.5) is 5.69 Å². The largest absolute Gasteiger partial charge is 0.491 e. The Morgan fingerprint density at radius 2 is 1.30 bits per heavy atom. The minimum atomic E-state index is -0.914. The molecule has 5 heteroatoms. The Morgan fingerprint density at radius 3 is 1.95 bits per heavy atom. The zero-order valence-corrected chi connectivity index (χ0v) is 21.0.